The third-order valence-electron chi connectivity index (χ3n) is 2.95. The molecule has 0 bridgehead atoms. The lowest BCUT2D eigenvalue weighted by atomic mass is 10.3. The number of hydrogen-bond acceptors (Lipinski definition) is 3. The van der Waals surface area contributed by atoms with Gasteiger partial charge in [0.1, 0.15) is 0 Å². The summed E-state index contributed by atoms with van der Waals surface area (Å²) in [7, 11) is 1.54. The van der Waals surface area contributed by atoms with E-state index in [2.05, 4.69) is 5.32 Å². The Bertz CT molecular complexity index is 676. The number of amides is 1. The molecule has 0 aliphatic rings. The Kier molecular flexibility index (Phi) is 5.52. The van der Waals surface area contributed by atoms with Crippen LogP contribution in [-0.4, -0.2) is 19.1 Å². The highest BCUT2D eigenvalue weighted by Crippen LogP contribution is 2.30. The largest absolute Gasteiger partial charge is 0.493 e. The highest BCUT2D eigenvalue weighted by Gasteiger charge is 2.18. The van der Waals surface area contributed by atoms with Crippen molar-refractivity contribution in [3.63, 3.8) is 0 Å². The summed E-state index contributed by atoms with van der Waals surface area (Å²) in [6, 6.07) is 12.1. The van der Waals surface area contributed by atoms with Gasteiger partial charge in [-0.1, -0.05) is 41.4 Å². The molecular weight excluding hydrogens is 325 g/mol. The summed E-state index contributed by atoms with van der Waals surface area (Å²) in [6.45, 7) is 1.64. The Morgan fingerprint density at radius 1 is 1.09 bits per heavy atom. The molecule has 0 radical (unpaired) electrons. The fourth-order valence-corrected chi connectivity index (χ4v) is 2.14. The highest BCUT2D eigenvalue weighted by atomic mass is 35.5. The van der Waals surface area contributed by atoms with Crippen molar-refractivity contribution in [1.29, 1.82) is 0 Å². The minimum Gasteiger partial charge on any atom is -0.493 e. The van der Waals surface area contributed by atoms with Crippen molar-refractivity contribution in [2.45, 2.75) is 13.0 Å². The van der Waals surface area contributed by atoms with E-state index in [0.717, 1.165) is 0 Å². The molecule has 1 amide bonds. The number of benzene rings is 2. The summed E-state index contributed by atoms with van der Waals surface area (Å²) in [5.41, 5.74) is 0.439. The SMILES string of the molecule is COc1ccccc1O[C@@H](C)C(=O)Nc1cccc(Cl)c1Cl. The van der Waals surface area contributed by atoms with Gasteiger partial charge in [0.15, 0.2) is 17.6 Å². The van der Waals surface area contributed by atoms with Crippen LogP contribution in [0.1, 0.15) is 6.92 Å². The van der Waals surface area contributed by atoms with Gasteiger partial charge in [0.25, 0.3) is 5.91 Å². The van der Waals surface area contributed by atoms with Crippen LogP contribution in [0.15, 0.2) is 42.5 Å². The van der Waals surface area contributed by atoms with Crippen LogP contribution in [0.3, 0.4) is 0 Å². The Labute approximate surface area is 138 Å². The quantitative estimate of drug-likeness (QED) is 0.877. The lowest BCUT2D eigenvalue weighted by molar-refractivity contribution is -0.122. The van der Waals surface area contributed by atoms with Gasteiger partial charge >= 0.3 is 0 Å². The van der Waals surface area contributed by atoms with Crippen LogP contribution in [0.2, 0.25) is 10.0 Å². The molecule has 0 aliphatic carbocycles. The predicted molar refractivity (Wildman–Crippen MR) is 88.2 cm³/mol. The number of para-hydroxylation sites is 2. The number of methoxy groups -OCH3 is 1. The van der Waals surface area contributed by atoms with E-state index in [1.807, 2.05) is 6.07 Å². The maximum absolute atomic E-state index is 12.2. The number of anilines is 1. The van der Waals surface area contributed by atoms with Crippen LogP contribution in [0.25, 0.3) is 0 Å². The number of ether oxygens (including phenoxy) is 2. The third-order valence-corrected chi connectivity index (χ3v) is 3.77. The smallest absolute Gasteiger partial charge is 0.265 e. The Hall–Kier alpha value is -1.91. The number of carbonyl (C=O) groups excluding carboxylic acids is 1. The molecule has 116 valence electrons. The van der Waals surface area contributed by atoms with E-state index in [1.54, 1.807) is 50.4 Å². The minimum atomic E-state index is -0.730. The second kappa shape index (κ2) is 7.38. The zero-order valence-electron chi connectivity index (χ0n) is 12.1. The standard InChI is InChI=1S/C16H15Cl2NO3/c1-10(22-14-9-4-3-8-13(14)21-2)16(20)19-12-7-5-6-11(17)15(12)18/h3-10H,1-2H3,(H,19,20)/t10-/m0/s1. The van der Waals surface area contributed by atoms with Crippen LogP contribution in [0, 0.1) is 0 Å². The van der Waals surface area contributed by atoms with Gasteiger partial charge in [0, 0.05) is 0 Å². The van der Waals surface area contributed by atoms with Gasteiger partial charge in [-0.25, -0.2) is 0 Å². The van der Waals surface area contributed by atoms with Gasteiger partial charge in [-0.2, -0.15) is 0 Å². The molecule has 2 aromatic rings. The monoisotopic (exact) mass is 339 g/mol. The first-order valence-corrected chi connectivity index (χ1v) is 7.33. The lowest BCUT2D eigenvalue weighted by Gasteiger charge is -2.17. The zero-order chi connectivity index (χ0) is 16.1. The van der Waals surface area contributed by atoms with Gasteiger partial charge in [-0.15, -0.1) is 0 Å². The molecule has 2 rings (SSSR count). The molecule has 0 aliphatic heterocycles. The molecule has 4 nitrogen and oxygen atoms in total. The summed E-state index contributed by atoms with van der Waals surface area (Å²) in [5.74, 6) is 0.711. The van der Waals surface area contributed by atoms with E-state index < -0.39 is 6.10 Å². The van der Waals surface area contributed by atoms with Gasteiger partial charge in [0.2, 0.25) is 0 Å². The zero-order valence-corrected chi connectivity index (χ0v) is 13.6. The molecule has 22 heavy (non-hydrogen) atoms. The normalized spacial score (nSPS) is 11.6. The van der Waals surface area contributed by atoms with Crippen LogP contribution in [0.4, 0.5) is 5.69 Å². The first-order valence-electron chi connectivity index (χ1n) is 6.57. The molecule has 0 unspecified atom stereocenters. The maximum Gasteiger partial charge on any atom is 0.265 e. The topological polar surface area (TPSA) is 47.6 Å². The van der Waals surface area contributed by atoms with Crippen LogP contribution in [-0.2, 0) is 4.79 Å². The van der Waals surface area contributed by atoms with Crippen molar-refractivity contribution in [1.82, 2.24) is 0 Å². The molecule has 0 aromatic heterocycles. The Morgan fingerprint density at radius 2 is 1.77 bits per heavy atom. The van der Waals surface area contributed by atoms with E-state index in [1.165, 1.54) is 0 Å². The molecule has 0 saturated heterocycles. The summed E-state index contributed by atoms with van der Waals surface area (Å²) >= 11 is 12.0. The van der Waals surface area contributed by atoms with E-state index in [9.17, 15) is 4.79 Å². The summed E-state index contributed by atoms with van der Waals surface area (Å²) in [4.78, 5) is 12.2. The number of carbonyl (C=O) groups is 1. The molecule has 0 heterocycles. The maximum atomic E-state index is 12.2. The molecular formula is C16H15Cl2NO3. The number of rotatable bonds is 5. The van der Waals surface area contributed by atoms with Gasteiger partial charge < -0.3 is 14.8 Å². The average molecular weight is 340 g/mol. The van der Waals surface area contributed by atoms with Crippen molar-refractivity contribution >= 4 is 34.8 Å². The van der Waals surface area contributed by atoms with Crippen molar-refractivity contribution in [2.75, 3.05) is 12.4 Å². The van der Waals surface area contributed by atoms with Crippen molar-refractivity contribution in [3.8, 4) is 11.5 Å². The lowest BCUT2D eigenvalue weighted by Crippen LogP contribution is -2.30. The minimum absolute atomic E-state index is 0.294. The number of halogens is 2. The van der Waals surface area contributed by atoms with Gasteiger partial charge in [0.05, 0.1) is 22.8 Å². The molecule has 2 aromatic carbocycles. The first kappa shape index (κ1) is 16.5. The van der Waals surface area contributed by atoms with Gasteiger partial charge in [-0.3, -0.25) is 4.79 Å². The van der Waals surface area contributed by atoms with E-state index in [4.69, 9.17) is 32.7 Å². The van der Waals surface area contributed by atoms with Crippen LogP contribution >= 0.6 is 23.2 Å². The first-order chi connectivity index (χ1) is 10.5. The van der Waals surface area contributed by atoms with Crippen molar-refractivity contribution < 1.29 is 14.3 Å². The summed E-state index contributed by atoms with van der Waals surface area (Å²) in [6.07, 6.45) is -0.730. The molecule has 0 fully saturated rings. The molecule has 6 heteroatoms. The second-order valence-corrected chi connectivity index (χ2v) is 5.29. The van der Waals surface area contributed by atoms with Gasteiger partial charge in [-0.05, 0) is 31.2 Å². The number of hydrogen-bond donors (Lipinski definition) is 1. The fraction of sp³-hybridized carbons (Fsp3) is 0.188. The summed E-state index contributed by atoms with van der Waals surface area (Å²) in [5, 5.41) is 3.35. The van der Waals surface area contributed by atoms with Crippen molar-refractivity contribution in [2.24, 2.45) is 0 Å². The second-order valence-electron chi connectivity index (χ2n) is 4.50. The third kappa shape index (κ3) is 3.84. The molecule has 1 atom stereocenters. The highest BCUT2D eigenvalue weighted by molar-refractivity contribution is 6.44. The van der Waals surface area contributed by atoms with Crippen LogP contribution in [0.5, 0.6) is 11.5 Å². The Balaban J connectivity index is 2.08. The molecule has 0 spiro atoms. The van der Waals surface area contributed by atoms with Crippen LogP contribution < -0.4 is 14.8 Å². The summed E-state index contributed by atoms with van der Waals surface area (Å²) < 4.78 is 10.8. The van der Waals surface area contributed by atoms with Crippen molar-refractivity contribution in [3.05, 3.63) is 52.5 Å². The fourth-order valence-electron chi connectivity index (χ4n) is 1.79. The number of nitrogens with one attached hydrogen (secondary N) is 1. The van der Waals surface area contributed by atoms with E-state index in [-0.39, 0.29) is 5.91 Å². The Morgan fingerprint density at radius 3 is 2.45 bits per heavy atom. The predicted octanol–water partition coefficient (Wildman–Crippen LogP) is 4.41. The average Bonchev–Trinajstić information content (AvgIpc) is 2.52. The van der Waals surface area contributed by atoms with E-state index >= 15 is 0 Å². The van der Waals surface area contributed by atoms with E-state index in [0.29, 0.717) is 27.2 Å². The molecule has 0 saturated carbocycles. The molecule has 1 N–H and O–H groups in total.